The molecule has 1 heterocycles. The summed E-state index contributed by atoms with van der Waals surface area (Å²) in [5.41, 5.74) is 0.949. The average Bonchev–Trinajstić information content (AvgIpc) is 2.99. The molecular formula is C18H25Cl2N3O2S. The van der Waals surface area contributed by atoms with E-state index in [1.807, 2.05) is 25.1 Å². The molecule has 1 saturated heterocycles. The average molecular weight is 418 g/mol. The van der Waals surface area contributed by atoms with Crippen LogP contribution in [0.2, 0.25) is 10.0 Å². The van der Waals surface area contributed by atoms with Crippen molar-refractivity contribution in [1.29, 1.82) is 0 Å². The Labute approximate surface area is 169 Å². The first kappa shape index (κ1) is 21.4. The van der Waals surface area contributed by atoms with Gasteiger partial charge in [-0.2, -0.15) is 0 Å². The predicted octanol–water partition coefficient (Wildman–Crippen LogP) is 3.83. The zero-order valence-electron chi connectivity index (χ0n) is 15.2. The van der Waals surface area contributed by atoms with Crippen LogP contribution in [0.1, 0.15) is 18.4 Å². The van der Waals surface area contributed by atoms with Gasteiger partial charge in [-0.3, -0.25) is 9.59 Å². The molecule has 8 heteroatoms. The number of halogens is 2. The zero-order valence-corrected chi connectivity index (χ0v) is 17.5. The molecule has 0 aliphatic carbocycles. The van der Waals surface area contributed by atoms with Crippen molar-refractivity contribution in [1.82, 2.24) is 14.7 Å². The summed E-state index contributed by atoms with van der Waals surface area (Å²) in [4.78, 5) is 30.1. The number of carbonyl (C=O) groups is 2. The second-order valence-corrected chi connectivity index (χ2v) is 8.43. The fourth-order valence-corrected chi connectivity index (χ4v) is 3.92. The lowest BCUT2D eigenvalue weighted by molar-refractivity contribution is -0.132. The first-order valence-corrected chi connectivity index (χ1v) is 10.4. The van der Waals surface area contributed by atoms with Gasteiger partial charge in [0.2, 0.25) is 5.91 Å². The molecule has 144 valence electrons. The molecule has 0 N–H and O–H groups in total. The Bertz CT molecular complexity index is 643. The number of rotatable bonds is 9. The van der Waals surface area contributed by atoms with Gasteiger partial charge in [0.25, 0.3) is 5.24 Å². The highest BCUT2D eigenvalue weighted by Gasteiger charge is 2.23. The van der Waals surface area contributed by atoms with E-state index in [4.69, 9.17) is 23.2 Å². The summed E-state index contributed by atoms with van der Waals surface area (Å²) in [6.07, 6.45) is 1.23. The lowest BCUT2D eigenvalue weighted by Gasteiger charge is -2.25. The van der Waals surface area contributed by atoms with Crippen molar-refractivity contribution >= 4 is 46.1 Å². The second kappa shape index (κ2) is 10.4. The molecule has 1 aliphatic rings. The number of benzene rings is 1. The Morgan fingerprint density at radius 2 is 2.00 bits per heavy atom. The molecule has 0 radical (unpaired) electrons. The van der Waals surface area contributed by atoms with Crippen molar-refractivity contribution in [2.45, 2.75) is 19.4 Å². The van der Waals surface area contributed by atoms with Crippen molar-refractivity contribution in [2.24, 2.45) is 0 Å². The molecule has 0 atom stereocenters. The monoisotopic (exact) mass is 417 g/mol. The van der Waals surface area contributed by atoms with Gasteiger partial charge in [0.05, 0.1) is 10.0 Å². The van der Waals surface area contributed by atoms with Crippen LogP contribution in [0.25, 0.3) is 0 Å². The van der Waals surface area contributed by atoms with Crippen LogP contribution in [0.3, 0.4) is 0 Å². The van der Waals surface area contributed by atoms with Gasteiger partial charge in [-0.05, 0) is 44.8 Å². The standard InChI is InChI=1S/C18H25Cl2N3O2S/c1-21(2)7-3-8-23(13-14-4-5-15(19)16(20)12-14)17(24)6-9-22-10-11-26-18(22)25/h4-5,12H,3,6-11,13H2,1-2H3. The minimum absolute atomic E-state index is 0.0551. The molecule has 1 aromatic carbocycles. The van der Waals surface area contributed by atoms with Crippen LogP contribution in [-0.4, -0.2) is 71.9 Å². The van der Waals surface area contributed by atoms with E-state index in [-0.39, 0.29) is 11.1 Å². The van der Waals surface area contributed by atoms with E-state index in [1.165, 1.54) is 11.8 Å². The lowest BCUT2D eigenvalue weighted by Crippen LogP contribution is -2.36. The smallest absolute Gasteiger partial charge is 0.281 e. The molecule has 1 fully saturated rings. The summed E-state index contributed by atoms with van der Waals surface area (Å²) < 4.78 is 0. The van der Waals surface area contributed by atoms with Crippen molar-refractivity contribution in [2.75, 3.05) is 46.0 Å². The van der Waals surface area contributed by atoms with Crippen molar-refractivity contribution < 1.29 is 9.59 Å². The number of amides is 2. The molecular weight excluding hydrogens is 393 g/mol. The fourth-order valence-electron chi connectivity index (χ4n) is 2.75. The summed E-state index contributed by atoms with van der Waals surface area (Å²) in [6.45, 7) is 3.28. The minimum Gasteiger partial charge on any atom is -0.338 e. The van der Waals surface area contributed by atoms with Crippen LogP contribution in [-0.2, 0) is 11.3 Å². The van der Waals surface area contributed by atoms with Gasteiger partial charge < -0.3 is 14.7 Å². The molecule has 2 amide bonds. The van der Waals surface area contributed by atoms with Crippen LogP contribution >= 0.6 is 35.0 Å². The Morgan fingerprint density at radius 1 is 1.23 bits per heavy atom. The van der Waals surface area contributed by atoms with Gasteiger partial charge in [-0.1, -0.05) is 41.0 Å². The zero-order chi connectivity index (χ0) is 19.1. The molecule has 0 unspecified atom stereocenters. The highest BCUT2D eigenvalue weighted by molar-refractivity contribution is 8.13. The van der Waals surface area contributed by atoms with E-state index in [0.29, 0.717) is 36.1 Å². The normalized spacial score (nSPS) is 14.3. The lowest BCUT2D eigenvalue weighted by atomic mass is 10.2. The third kappa shape index (κ3) is 6.65. The van der Waals surface area contributed by atoms with Gasteiger partial charge >= 0.3 is 0 Å². The molecule has 2 rings (SSSR count). The summed E-state index contributed by atoms with van der Waals surface area (Å²) >= 11 is 13.4. The highest BCUT2D eigenvalue weighted by Crippen LogP contribution is 2.23. The summed E-state index contributed by atoms with van der Waals surface area (Å²) in [5, 5.41) is 1.07. The van der Waals surface area contributed by atoms with E-state index < -0.39 is 0 Å². The number of nitrogens with zero attached hydrogens (tertiary/aromatic N) is 3. The molecule has 26 heavy (non-hydrogen) atoms. The molecule has 1 aliphatic heterocycles. The minimum atomic E-state index is 0.0551. The quantitative estimate of drug-likeness (QED) is 0.612. The summed E-state index contributed by atoms with van der Waals surface area (Å²) in [7, 11) is 4.03. The summed E-state index contributed by atoms with van der Waals surface area (Å²) in [6, 6.07) is 5.44. The van der Waals surface area contributed by atoms with Crippen LogP contribution in [0.15, 0.2) is 18.2 Å². The highest BCUT2D eigenvalue weighted by atomic mass is 35.5. The maximum absolute atomic E-state index is 12.7. The second-order valence-electron chi connectivity index (χ2n) is 6.57. The first-order valence-electron chi connectivity index (χ1n) is 8.65. The SMILES string of the molecule is CN(C)CCCN(Cc1ccc(Cl)c(Cl)c1)C(=O)CCN1CCSC1=O. The molecule has 0 bridgehead atoms. The van der Waals surface area contributed by atoms with E-state index >= 15 is 0 Å². The van der Waals surface area contributed by atoms with Crippen LogP contribution in [0.5, 0.6) is 0 Å². The Kier molecular flexibility index (Phi) is 8.54. The molecule has 1 aromatic rings. The maximum atomic E-state index is 12.7. The van der Waals surface area contributed by atoms with Crippen LogP contribution < -0.4 is 0 Å². The number of hydrogen-bond donors (Lipinski definition) is 0. The predicted molar refractivity (Wildman–Crippen MR) is 109 cm³/mol. The van der Waals surface area contributed by atoms with Gasteiger partial charge in [0.15, 0.2) is 0 Å². The number of thioether (sulfide) groups is 1. The molecule has 0 aromatic heterocycles. The largest absolute Gasteiger partial charge is 0.338 e. The number of hydrogen-bond acceptors (Lipinski definition) is 4. The Hall–Kier alpha value is -0.950. The van der Waals surface area contributed by atoms with Crippen molar-refractivity contribution in [3.63, 3.8) is 0 Å². The number of carbonyl (C=O) groups excluding carboxylic acids is 2. The molecule has 0 spiro atoms. The van der Waals surface area contributed by atoms with Crippen molar-refractivity contribution in [3.8, 4) is 0 Å². The van der Waals surface area contributed by atoms with E-state index in [9.17, 15) is 9.59 Å². The Morgan fingerprint density at radius 3 is 2.62 bits per heavy atom. The molecule has 5 nitrogen and oxygen atoms in total. The van der Waals surface area contributed by atoms with Gasteiger partial charge in [-0.15, -0.1) is 0 Å². The van der Waals surface area contributed by atoms with Crippen LogP contribution in [0, 0.1) is 0 Å². The van der Waals surface area contributed by atoms with E-state index in [0.717, 1.165) is 30.8 Å². The van der Waals surface area contributed by atoms with Crippen LogP contribution in [0.4, 0.5) is 4.79 Å². The van der Waals surface area contributed by atoms with Gasteiger partial charge in [0, 0.05) is 38.4 Å². The van der Waals surface area contributed by atoms with Gasteiger partial charge in [0.1, 0.15) is 0 Å². The van der Waals surface area contributed by atoms with Gasteiger partial charge in [-0.25, -0.2) is 0 Å². The Balaban J connectivity index is 1.97. The fraction of sp³-hybridized carbons (Fsp3) is 0.556. The third-order valence-corrected chi connectivity index (χ3v) is 5.81. The summed E-state index contributed by atoms with van der Waals surface area (Å²) in [5.74, 6) is 0.863. The third-order valence-electron chi connectivity index (χ3n) is 4.18. The van der Waals surface area contributed by atoms with Crippen molar-refractivity contribution in [3.05, 3.63) is 33.8 Å². The van der Waals surface area contributed by atoms with E-state index in [2.05, 4.69) is 4.90 Å². The topological polar surface area (TPSA) is 43.9 Å². The van der Waals surface area contributed by atoms with E-state index in [1.54, 1.807) is 17.0 Å². The molecule has 0 saturated carbocycles. The first-order chi connectivity index (χ1) is 12.4. The maximum Gasteiger partial charge on any atom is 0.281 e.